The van der Waals surface area contributed by atoms with E-state index in [1.807, 2.05) is 0 Å². The van der Waals surface area contributed by atoms with Crippen molar-refractivity contribution in [2.24, 2.45) is 5.92 Å². The average molecular weight is 281 g/mol. The molecule has 1 aromatic carbocycles. The number of hydrogen-bond acceptors (Lipinski definition) is 3. The first-order chi connectivity index (χ1) is 9.61. The molecule has 1 aromatic rings. The van der Waals surface area contributed by atoms with Crippen LogP contribution in [0.15, 0.2) is 24.3 Å². The fraction of sp³-hybridized carbons (Fsp3) is 0.533. The third-order valence-corrected chi connectivity index (χ3v) is 3.67. The van der Waals surface area contributed by atoms with Crippen LogP contribution in [0.2, 0.25) is 0 Å². The number of ether oxygens (including phenoxy) is 1. The molecule has 2 rings (SSSR count). The highest BCUT2D eigenvalue weighted by Crippen LogP contribution is 2.20. The van der Waals surface area contributed by atoms with E-state index in [1.54, 1.807) is 24.0 Å². The number of rotatable bonds is 4. The Labute approximate surface area is 118 Å². The lowest BCUT2D eigenvalue weighted by Gasteiger charge is -2.32. The van der Waals surface area contributed by atoms with Gasteiger partial charge in [-0.15, -0.1) is 0 Å². The summed E-state index contributed by atoms with van der Waals surface area (Å²) in [5.41, 5.74) is 0. The molecule has 1 fully saturated rings. The topological polar surface area (TPSA) is 49.8 Å². The van der Waals surface area contributed by atoms with Crippen LogP contribution in [-0.2, 0) is 4.79 Å². The Hall–Kier alpha value is -1.62. The number of amides is 1. The minimum Gasteiger partial charge on any atom is -0.478 e. The van der Waals surface area contributed by atoms with Crippen molar-refractivity contribution in [2.75, 3.05) is 19.7 Å². The number of aliphatic hydroxyl groups excluding tert-OH is 1. The number of benzene rings is 1. The van der Waals surface area contributed by atoms with Crippen molar-refractivity contribution in [3.05, 3.63) is 30.1 Å². The van der Waals surface area contributed by atoms with Crippen LogP contribution in [0.3, 0.4) is 0 Å². The molecular weight excluding hydrogens is 261 g/mol. The van der Waals surface area contributed by atoms with E-state index in [0.717, 1.165) is 12.8 Å². The first-order valence-corrected chi connectivity index (χ1v) is 6.92. The van der Waals surface area contributed by atoms with Crippen molar-refractivity contribution in [3.8, 4) is 5.75 Å². The van der Waals surface area contributed by atoms with E-state index in [-0.39, 0.29) is 24.2 Å². The predicted molar refractivity (Wildman–Crippen MR) is 72.9 cm³/mol. The van der Waals surface area contributed by atoms with Gasteiger partial charge < -0.3 is 14.7 Å². The van der Waals surface area contributed by atoms with Gasteiger partial charge in [0.1, 0.15) is 0 Å². The third kappa shape index (κ3) is 3.48. The van der Waals surface area contributed by atoms with Gasteiger partial charge in [-0.3, -0.25) is 4.79 Å². The highest BCUT2D eigenvalue weighted by molar-refractivity contribution is 5.81. The summed E-state index contributed by atoms with van der Waals surface area (Å²) < 4.78 is 18.9. The highest BCUT2D eigenvalue weighted by Gasteiger charge is 2.27. The number of hydrogen-bond donors (Lipinski definition) is 1. The van der Waals surface area contributed by atoms with E-state index in [9.17, 15) is 9.18 Å². The molecule has 0 aromatic heterocycles. The molecule has 1 aliphatic heterocycles. The van der Waals surface area contributed by atoms with Crippen molar-refractivity contribution >= 4 is 5.91 Å². The van der Waals surface area contributed by atoms with Crippen molar-refractivity contribution in [3.63, 3.8) is 0 Å². The Kier molecular flexibility index (Phi) is 4.95. The summed E-state index contributed by atoms with van der Waals surface area (Å²) in [6.45, 7) is 3.04. The Morgan fingerprint density at radius 3 is 2.70 bits per heavy atom. The Bertz CT molecular complexity index is 458. The van der Waals surface area contributed by atoms with Crippen LogP contribution in [0.25, 0.3) is 0 Å². The Morgan fingerprint density at radius 1 is 1.45 bits per heavy atom. The van der Waals surface area contributed by atoms with Gasteiger partial charge in [-0.1, -0.05) is 12.1 Å². The van der Waals surface area contributed by atoms with Crippen LogP contribution in [-0.4, -0.2) is 41.7 Å². The molecule has 1 aliphatic rings. The normalized spacial score (nSPS) is 17.9. The minimum absolute atomic E-state index is 0.0959. The molecule has 20 heavy (non-hydrogen) atoms. The highest BCUT2D eigenvalue weighted by atomic mass is 19.1. The minimum atomic E-state index is -0.711. The SMILES string of the molecule is CC(Oc1ccccc1F)C(=O)N1CCC(CO)CC1. The lowest BCUT2D eigenvalue weighted by Crippen LogP contribution is -2.45. The summed E-state index contributed by atoms with van der Waals surface area (Å²) in [6, 6.07) is 6.06. The van der Waals surface area contributed by atoms with Gasteiger partial charge >= 0.3 is 0 Å². The van der Waals surface area contributed by atoms with Gasteiger partial charge in [0, 0.05) is 19.7 Å². The largest absolute Gasteiger partial charge is 0.478 e. The van der Waals surface area contributed by atoms with Crippen LogP contribution >= 0.6 is 0 Å². The zero-order valence-electron chi connectivity index (χ0n) is 11.6. The summed E-state index contributed by atoms with van der Waals surface area (Å²) in [5, 5.41) is 9.08. The van der Waals surface area contributed by atoms with Crippen molar-refractivity contribution in [1.29, 1.82) is 0 Å². The molecule has 0 saturated carbocycles. The second-order valence-corrected chi connectivity index (χ2v) is 5.14. The number of halogens is 1. The predicted octanol–water partition coefficient (Wildman–Crippen LogP) is 1.82. The van der Waals surface area contributed by atoms with Gasteiger partial charge in [0.2, 0.25) is 0 Å². The van der Waals surface area contributed by atoms with Crippen molar-refractivity contribution in [2.45, 2.75) is 25.9 Å². The van der Waals surface area contributed by atoms with Gasteiger partial charge in [0.05, 0.1) is 0 Å². The van der Waals surface area contributed by atoms with E-state index in [4.69, 9.17) is 9.84 Å². The summed E-state index contributed by atoms with van der Waals surface area (Å²) in [7, 11) is 0. The van der Waals surface area contributed by atoms with Crippen LogP contribution < -0.4 is 4.74 Å². The number of aliphatic hydroxyl groups is 1. The van der Waals surface area contributed by atoms with Gasteiger partial charge in [-0.25, -0.2) is 4.39 Å². The van der Waals surface area contributed by atoms with Crippen molar-refractivity contribution in [1.82, 2.24) is 4.90 Å². The summed E-state index contributed by atoms with van der Waals surface area (Å²) in [4.78, 5) is 13.9. The molecule has 0 radical (unpaired) electrons. The number of likely N-dealkylation sites (tertiary alicyclic amines) is 1. The number of nitrogens with zero attached hydrogens (tertiary/aromatic N) is 1. The smallest absolute Gasteiger partial charge is 0.263 e. The van der Waals surface area contributed by atoms with E-state index in [2.05, 4.69) is 0 Å². The van der Waals surface area contributed by atoms with Gasteiger partial charge in [0.15, 0.2) is 17.7 Å². The van der Waals surface area contributed by atoms with E-state index < -0.39 is 11.9 Å². The van der Waals surface area contributed by atoms with Crippen LogP contribution in [0, 0.1) is 11.7 Å². The van der Waals surface area contributed by atoms with E-state index in [1.165, 1.54) is 12.1 Å². The van der Waals surface area contributed by atoms with Crippen LogP contribution in [0.4, 0.5) is 4.39 Å². The summed E-state index contributed by atoms with van der Waals surface area (Å²) >= 11 is 0. The van der Waals surface area contributed by atoms with Crippen LogP contribution in [0.1, 0.15) is 19.8 Å². The Balaban J connectivity index is 1.91. The first kappa shape index (κ1) is 14.8. The maximum absolute atomic E-state index is 13.5. The zero-order valence-corrected chi connectivity index (χ0v) is 11.6. The van der Waals surface area contributed by atoms with Gasteiger partial charge in [-0.2, -0.15) is 0 Å². The monoisotopic (exact) mass is 281 g/mol. The fourth-order valence-corrected chi connectivity index (χ4v) is 2.37. The number of carbonyl (C=O) groups excluding carboxylic acids is 1. The maximum atomic E-state index is 13.5. The lowest BCUT2D eigenvalue weighted by molar-refractivity contribution is -0.139. The fourth-order valence-electron chi connectivity index (χ4n) is 2.37. The molecule has 0 bridgehead atoms. The molecule has 1 unspecified atom stereocenters. The standard InChI is InChI=1S/C15H20FNO3/c1-11(20-14-5-3-2-4-13(14)16)15(19)17-8-6-12(10-18)7-9-17/h2-5,11-12,18H,6-10H2,1H3. The average Bonchev–Trinajstić information content (AvgIpc) is 2.49. The molecule has 1 N–H and O–H groups in total. The van der Waals surface area contributed by atoms with Crippen LogP contribution in [0.5, 0.6) is 5.75 Å². The molecule has 1 atom stereocenters. The molecule has 1 amide bonds. The summed E-state index contributed by atoms with van der Waals surface area (Å²) in [5.74, 6) is -0.226. The molecule has 1 saturated heterocycles. The number of para-hydroxylation sites is 1. The maximum Gasteiger partial charge on any atom is 0.263 e. The molecular formula is C15H20FNO3. The molecule has 110 valence electrons. The molecule has 5 heteroatoms. The number of piperidine rings is 1. The van der Waals surface area contributed by atoms with Crippen molar-refractivity contribution < 1.29 is 19.0 Å². The van der Waals surface area contributed by atoms with E-state index >= 15 is 0 Å². The molecule has 1 heterocycles. The first-order valence-electron chi connectivity index (χ1n) is 6.92. The zero-order chi connectivity index (χ0) is 14.5. The van der Waals surface area contributed by atoms with Gasteiger partial charge in [-0.05, 0) is 37.8 Å². The second-order valence-electron chi connectivity index (χ2n) is 5.14. The van der Waals surface area contributed by atoms with Gasteiger partial charge in [0.25, 0.3) is 5.91 Å². The number of carbonyl (C=O) groups is 1. The summed E-state index contributed by atoms with van der Waals surface area (Å²) in [6.07, 6.45) is 0.890. The Morgan fingerprint density at radius 2 is 2.10 bits per heavy atom. The quantitative estimate of drug-likeness (QED) is 0.916. The lowest BCUT2D eigenvalue weighted by atomic mass is 9.97. The molecule has 0 aliphatic carbocycles. The van der Waals surface area contributed by atoms with E-state index in [0.29, 0.717) is 13.1 Å². The molecule has 4 nitrogen and oxygen atoms in total. The second kappa shape index (κ2) is 6.70. The third-order valence-electron chi connectivity index (χ3n) is 3.67. The molecule has 0 spiro atoms.